The van der Waals surface area contributed by atoms with E-state index in [1.165, 1.54) is 0 Å². The van der Waals surface area contributed by atoms with Crippen molar-refractivity contribution in [2.24, 2.45) is 0 Å². The van der Waals surface area contributed by atoms with E-state index in [1.807, 2.05) is 54.6 Å². The van der Waals surface area contributed by atoms with E-state index in [-0.39, 0.29) is 12.3 Å². The number of aryl methyl sites for hydroxylation is 1. The van der Waals surface area contributed by atoms with Crippen LogP contribution >= 0.6 is 0 Å². The Morgan fingerprint density at radius 3 is 2.61 bits per heavy atom. The van der Waals surface area contributed by atoms with E-state index < -0.39 is 0 Å². The van der Waals surface area contributed by atoms with Gasteiger partial charge in [0, 0.05) is 11.3 Å². The summed E-state index contributed by atoms with van der Waals surface area (Å²) in [5, 5.41) is 9.92. The molecule has 23 heavy (non-hydrogen) atoms. The summed E-state index contributed by atoms with van der Waals surface area (Å²) in [7, 11) is 0. The molecule has 0 unspecified atom stereocenters. The van der Waals surface area contributed by atoms with Crippen LogP contribution in [0.15, 0.2) is 54.6 Å². The molecule has 5 nitrogen and oxygen atoms in total. The fourth-order valence-electron chi connectivity index (χ4n) is 2.39. The van der Waals surface area contributed by atoms with Crippen molar-refractivity contribution < 1.29 is 4.79 Å². The maximum Gasteiger partial charge on any atom is 0.232 e. The molecule has 2 N–H and O–H groups in total. The molecule has 0 aliphatic carbocycles. The Kier molecular flexibility index (Phi) is 4.47. The molecule has 0 fully saturated rings. The van der Waals surface area contributed by atoms with Crippen LogP contribution in [-0.2, 0) is 17.6 Å². The molecule has 1 heterocycles. The predicted molar refractivity (Wildman–Crippen MR) is 90.0 cm³/mol. The molecule has 5 heteroatoms. The minimum Gasteiger partial charge on any atom is -0.325 e. The third-order valence-electron chi connectivity index (χ3n) is 3.56. The second-order valence-corrected chi connectivity index (χ2v) is 5.21. The van der Waals surface area contributed by atoms with Crippen molar-refractivity contribution in [3.8, 4) is 11.4 Å². The van der Waals surface area contributed by atoms with Crippen molar-refractivity contribution in [1.29, 1.82) is 0 Å². The van der Waals surface area contributed by atoms with Crippen molar-refractivity contribution in [2.75, 3.05) is 5.32 Å². The average Bonchev–Trinajstić information content (AvgIpc) is 3.04. The molecule has 1 aromatic heterocycles. The van der Waals surface area contributed by atoms with Gasteiger partial charge in [-0.2, -0.15) is 5.10 Å². The lowest BCUT2D eigenvalue weighted by Gasteiger charge is -2.08. The second kappa shape index (κ2) is 6.87. The highest BCUT2D eigenvalue weighted by Crippen LogP contribution is 2.16. The first kappa shape index (κ1) is 15.0. The summed E-state index contributed by atoms with van der Waals surface area (Å²) >= 11 is 0. The maximum atomic E-state index is 12.2. The molecule has 0 spiro atoms. The third-order valence-corrected chi connectivity index (χ3v) is 3.56. The van der Waals surface area contributed by atoms with E-state index in [4.69, 9.17) is 0 Å². The van der Waals surface area contributed by atoms with E-state index in [1.54, 1.807) is 0 Å². The Bertz CT molecular complexity index is 796. The van der Waals surface area contributed by atoms with Crippen LogP contribution in [0.3, 0.4) is 0 Å². The largest absolute Gasteiger partial charge is 0.325 e. The molecule has 3 aromatic rings. The summed E-state index contributed by atoms with van der Waals surface area (Å²) in [5.74, 6) is 1.04. The van der Waals surface area contributed by atoms with Crippen LogP contribution in [0.5, 0.6) is 0 Å². The minimum absolute atomic E-state index is 0.110. The zero-order valence-electron chi connectivity index (χ0n) is 12.9. The van der Waals surface area contributed by atoms with Gasteiger partial charge < -0.3 is 5.32 Å². The number of H-pyrrole nitrogens is 1. The highest BCUT2D eigenvalue weighted by atomic mass is 16.1. The number of rotatable bonds is 5. The molecular formula is C18H18N4O. The summed E-state index contributed by atoms with van der Waals surface area (Å²) in [6.45, 7) is 2.06. The zero-order chi connectivity index (χ0) is 16.1. The number of aromatic nitrogens is 3. The number of benzene rings is 2. The van der Waals surface area contributed by atoms with Gasteiger partial charge in [0.1, 0.15) is 5.82 Å². The lowest BCUT2D eigenvalue weighted by atomic mass is 10.1. The lowest BCUT2D eigenvalue weighted by molar-refractivity contribution is -0.115. The highest BCUT2D eigenvalue weighted by Gasteiger charge is 2.11. The van der Waals surface area contributed by atoms with Gasteiger partial charge in [-0.3, -0.25) is 9.89 Å². The normalized spacial score (nSPS) is 10.5. The Morgan fingerprint density at radius 1 is 1.09 bits per heavy atom. The van der Waals surface area contributed by atoms with Gasteiger partial charge in [0.25, 0.3) is 0 Å². The fourth-order valence-corrected chi connectivity index (χ4v) is 2.39. The summed E-state index contributed by atoms with van der Waals surface area (Å²) in [6, 6.07) is 17.5. The number of nitrogens with one attached hydrogen (secondary N) is 2. The maximum absolute atomic E-state index is 12.2. The van der Waals surface area contributed by atoms with Gasteiger partial charge in [-0.15, -0.1) is 0 Å². The summed E-state index contributed by atoms with van der Waals surface area (Å²) in [5.41, 5.74) is 2.89. The molecule has 0 aliphatic rings. The summed E-state index contributed by atoms with van der Waals surface area (Å²) < 4.78 is 0. The van der Waals surface area contributed by atoms with E-state index >= 15 is 0 Å². The molecule has 116 valence electrons. The van der Waals surface area contributed by atoms with Crippen LogP contribution in [0.25, 0.3) is 11.4 Å². The molecular weight excluding hydrogens is 288 g/mol. The van der Waals surface area contributed by atoms with Crippen molar-refractivity contribution in [3.05, 3.63) is 66.0 Å². The lowest BCUT2D eigenvalue weighted by Crippen LogP contribution is -2.16. The first-order chi connectivity index (χ1) is 11.3. The van der Waals surface area contributed by atoms with Gasteiger partial charge in [0.2, 0.25) is 5.91 Å². The van der Waals surface area contributed by atoms with E-state index in [2.05, 4.69) is 27.4 Å². The first-order valence-corrected chi connectivity index (χ1v) is 7.60. The predicted octanol–water partition coefficient (Wildman–Crippen LogP) is 3.22. The Morgan fingerprint density at radius 2 is 1.83 bits per heavy atom. The van der Waals surface area contributed by atoms with Crippen LogP contribution in [-0.4, -0.2) is 21.1 Å². The zero-order valence-corrected chi connectivity index (χ0v) is 12.9. The number of hydrogen-bond acceptors (Lipinski definition) is 3. The van der Waals surface area contributed by atoms with E-state index in [0.29, 0.717) is 11.6 Å². The van der Waals surface area contributed by atoms with Crippen LogP contribution in [0.2, 0.25) is 0 Å². The third kappa shape index (κ3) is 3.63. The molecule has 2 aromatic carbocycles. The monoisotopic (exact) mass is 306 g/mol. The average molecular weight is 306 g/mol. The summed E-state index contributed by atoms with van der Waals surface area (Å²) in [4.78, 5) is 16.6. The van der Waals surface area contributed by atoms with Crippen molar-refractivity contribution in [3.63, 3.8) is 0 Å². The number of carbonyl (C=O) groups excluding carboxylic acids is 1. The molecule has 1 amide bonds. The molecule has 0 aliphatic heterocycles. The van der Waals surface area contributed by atoms with Gasteiger partial charge in [-0.05, 0) is 18.1 Å². The van der Waals surface area contributed by atoms with E-state index in [9.17, 15) is 4.79 Å². The van der Waals surface area contributed by atoms with Crippen molar-refractivity contribution >= 4 is 11.6 Å². The molecule has 0 atom stereocenters. The number of anilines is 1. The number of nitrogens with zero attached hydrogens (tertiary/aromatic N) is 2. The highest BCUT2D eigenvalue weighted by molar-refractivity contribution is 5.92. The standard InChI is InChI=1S/C18H18N4O/c1-2-13-8-6-7-11-15(13)19-17(23)12-16-20-18(22-21-16)14-9-4-3-5-10-14/h3-11H,2,12H2,1H3,(H,19,23)(H,20,21,22). The fraction of sp³-hybridized carbons (Fsp3) is 0.167. The Labute approximate surface area is 134 Å². The van der Waals surface area contributed by atoms with E-state index in [0.717, 1.165) is 23.2 Å². The Balaban J connectivity index is 1.68. The van der Waals surface area contributed by atoms with Crippen molar-refractivity contribution in [1.82, 2.24) is 15.2 Å². The molecule has 0 radical (unpaired) electrons. The van der Waals surface area contributed by atoms with Crippen LogP contribution in [0.4, 0.5) is 5.69 Å². The molecule has 0 saturated heterocycles. The molecule has 3 rings (SSSR count). The minimum atomic E-state index is -0.110. The van der Waals surface area contributed by atoms with Crippen LogP contribution in [0, 0.1) is 0 Å². The van der Waals surface area contributed by atoms with Crippen LogP contribution < -0.4 is 5.32 Å². The van der Waals surface area contributed by atoms with Gasteiger partial charge >= 0.3 is 0 Å². The van der Waals surface area contributed by atoms with Gasteiger partial charge in [-0.25, -0.2) is 4.98 Å². The van der Waals surface area contributed by atoms with Crippen LogP contribution in [0.1, 0.15) is 18.3 Å². The van der Waals surface area contributed by atoms with Gasteiger partial charge in [0.05, 0.1) is 6.42 Å². The topological polar surface area (TPSA) is 70.7 Å². The number of hydrogen-bond donors (Lipinski definition) is 2. The SMILES string of the molecule is CCc1ccccc1NC(=O)Cc1nc(-c2ccccc2)n[nH]1. The smallest absolute Gasteiger partial charge is 0.232 e. The van der Waals surface area contributed by atoms with Crippen molar-refractivity contribution in [2.45, 2.75) is 19.8 Å². The molecule has 0 bridgehead atoms. The number of aromatic amines is 1. The first-order valence-electron chi connectivity index (χ1n) is 7.60. The second-order valence-electron chi connectivity index (χ2n) is 5.21. The van der Waals surface area contributed by atoms with Gasteiger partial charge in [-0.1, -0.05) is 55.5 Å². The number of amides is 1. The summed E-state index contributed by atoms with van der Waals surface area (Å²) in [6.07, 6.45) is 1.04. The number of carbonyl (C=O) groups is 1. The quantitative estimate of drug-likeness (QED) is 0.760. The Hall–Kier alpha value is -2.95. The molecule has 0 saturated carbocycles. The van der Waals surface area contributed by atoms with Gasteiger partial charge in [0.15, 0.2) is 5.82 Å². The number of para-hydroxylation sites is 1.